The lowest BCUT2D eigenvalue weighted by Crippen LogP contribution is -2.35. The number of ether oxygens (including phenoxy) is 2. The monoisotopic (exact) mass is 443 g/mol. The first-order valence-electron chi connectivity index (χ1n) is 11.6. The number of carbonyl (C=O) groups is 1. The lowest BCUT2D eigenvalue weighted by atomic mass is 9.87. The Morgan fingerprint density at radius 3 is 2.64 bits per heavy atom. The van der Waals surface area contributed by atoms with E-state index in [-0.39, 0.29) is 17.9 Å². The van der Waals surface area contributed by atoms with E-state index in [1.165, 1.54) is 12.8 Å². The van der Waals surface area contributed by atoms with Crippen LogP contribution in [0.1, 0.15) is 49.1 Å². The number of nitrogens with zero attached hydrogens (tertiary/aromatic N) is 2. The number of nitrogens with one attached hydrogen (secondary N) is 1. The summed E-state index contributed by atoms with van der Waals surface area (Å²) in [4.78, 5) is 16.7. The second-order valence-electron chi connectivity index (χ2n) is 8.78. The van der Waals surface area contributed by atoms with Crippen LogP contribution in [0.2, 0.25) is 0 Å². The van der Waals surface area contributed by atoms with Crippen molar-refractivity contribution in [3.63, 3.8) is 0 Å². The van der Waals surface area contributed by atoms with E-state index in [0.717, 1.165) is 46.7 Å². The molecular weight excluding hydrogens is 414 g/mol. The van der Waals surface area contributed by atoms with E-state index in [9.17, 15) is 4.79 Å². The molecule has 2 fully saturated rings. The fraction of sp³-hybridized carbons (Fsp3) is 0.333. The zero-order valence-electron chi connectivity index (χ0n) is 18.9. The number of methoxy groups -OCH3 is 1. The second kappa shape index (κ2) is 9.53. The third-order valence-electron chi connectivity index (χ3n) is 6.56. The fourth-order valence-electron chi connectivity index (χ4n) is 4.70. The number of hydrogen-bond acceptors (Lipinski definition) is 4. The standard InChI is InChI=1S/C27H29N3O3/c1-32-25-11-8-20(16-26(25)33-24-4-2-3-5-24)22-15-21(27(31)29-17-22)14-19-6-9-23(10-7-19)30-13-12-28-18-30/h6-14,16,18,22,24H,2-5,15,17H2,1H3,(H,29,31). The summed E-state index contributed by atoms with van der Waals surface area (Å²) in [6.45, 7) is 0.616. The molecule has 1 saturated heterocycles. The average Bonchev–Trinajstić information content (AvgIpc) is 3.56. The first-order valence-corrected chi connectivity index (χ1v) is 11.6. The van der Waals surface area contributed by atoms with Gasteiger partial charge >= 0.3 is 0 Å². The number of carbonyl (C=O) groups excluding carboxylic acids is 1. The summed E-state index contributed by atoms with van der Waals surface area (Å²) in [5, 5.41) is 3.06. The molecule has 0 spiro atoms. The largest absolute Gasteiger partial charge is 0.493 e. The van der Waals surface area contributed by atoms with Crippen LogP contribution in [0.15, 0.2) is 66.8 Å². The van der Waals surface area contributed by atoms with E-state index in [1.54, 1.807) is 19.6 Å². The van der Waals surface area contributed by atoms with Gasteiger partial charge in [-0.25, -0.2) is 4.98 Å². The minimum Gasteiger partial charge on any atom is -0.493 e. The second-order valence-corrected chi connectivity index (χ2v) is 8.78. The molecule has 3 aromatic rings. The summed E-state index contributed by atoms with van der Waals surface area (Å²) in [7, 11) is 1.68. The molecule has 170 valence electrons. The number of hydrogen-bond donors (Lipinski definition) is 1. The molecular formula is C27H29N3O3. The lowest BCUT2D eigenvalue weighted by molar-refractivity contribution is -0.118. The number of piperidine rings is 1. The van der Waals surface area contributed by atoms with Gasteiger partial charge in [-0.3, -0.25) is 4.79 Å². The summed E-state index contributed by atoms with van der Waals surface area (Å²) in [5.41, 5.74) is 3.99. The van der Waals surface area contributed by atoms with Crippen LogP contribution in [0, 0.1) is 0 Å². The Morgan fingerprint density at radius 1 is 1.09 bits per heavy atom. The molecule has 0 radical (unpaired) electrons. The summed E-state index contributed by atoms with van der Waals surface area (Å²) in [6.07, 6.45) is 13.0. The van der Waals surface area contributed by atoms with E-state index in [1.807, 2.05) is 47.2 Å². The maximum absolute atomic E-state index is 12.6. The molecule has 6 nitrogen and oxygen atoms in total. The van der Waals surface area contributed by atoms with Gasteiger partial charge in [0.1, 0.15) is 0 Å². The van der Waals surface area contributed by atoms with Crippen molar-refractivity contribution in [3.8, 4) is 17.2 Å². The van der Waals surface area contributed by atoms with Gasteiger partial charge in [-0.2, -0.15) is 0 Å². The van der Waals surface area contributed by atoms with Crippen molar-refractivity contribution in [1.82, 2.24) is 14.9 Å². The Labute approximate surface area is 194 Å². The van der Waals surface area contributed by atoms with Gasteiger partial charge in [-0.1, -0.05) is 18.2 Å². The van der Waals surface area contributed by atoms with Crippen LogP contribution >= 0.6 is 0 Å². The highest BCUT2D eigenvalue weighted by Crippen LogP contribution is 2.36. The van der Waals surface area contributed by atoms with Crippen LogP contribution in [-0.2, 0) is 4.79 Å². The van der Waals surface area contributed by atoms with Crippen molar-refractivity contribution < 1.29 is 14.3 Å². The first-order chi connectivity index (χ1) is 16.2. The van der Waals surface area contributed by atoms with E-state index in [0.29, 0.717) is 13.0 Å². The van der Waals surface area contributed by atoms with Gasteiger partial charge in [-0.15, -0.1) is 0 Å². The van der Waals surface area contributed by atoms with Gasteiger partial charge in [0.05, 0.1) is 19.5 Å². The van der Waals surface area contributed by atoms with Gasteiger partial charge in [0, 0.05) is 36.1 Å². The van der Waals surface area contributed by atoms with Gasteiger partial charge in [0.15, 0.2) is 11.5 Å². The summed E-state index contributed by atoms with van der Waals surface area (Å²) in [5.74, 6) is 1.76. The molecule has 1 atom stereocenters. The van der Waals surface area contributed by atoms with Crippen LogP contribution in [0.5, 0.6) is 11.5 Å². The minimum atomic E-state index is 0.000812. The summed E-state index contributed by atoms with van der Waals surface area (Å²) >= 11 is 0. The molecule has 33 heavy (non-hydrogen) atoms. The summed E-state index contributed by atoms with van der Waals surface area (Å²) in [6, 6.07) is 14.3. The molecule has 1 aliphatic carbocycles. The molecule has 0 bridgehead atoms. The SMILES string of the molecule is COc1ccc(C2CNC(=O)C(=Cc3ccc(-n4ccnc4)cc3)C2)cc1OC1CCCC1. The predicted octanol–water partition coefficient (Wildman–Crippen LogP) is 4.89. The van der Waals surface area contributed by atoms with Gasteiger partial charge < -0.3 is 19.4 Å². The van der Waals surface area contributed by atoms with Crippen molar-refractivity contribution in [1.29, 1.82) is 0 Å². The average molecular weight is 444 g/mol. The maximum Gasteiger partial charge on any atom is 0.247 e. The van der Waals surface area contributed by atoms with Crippen molar-refractivity contribution in [2.24, 2.45) is 0 Å². The Hall–Kier alpha value is -3.54. The van der Waals surface area contributed by atoms with E-state index in [4.69, 9.17) is 9.47 Å². The number of amides is 1. The van der Waals surface area contributed by atoms with Crippen molar-refractivity contribution >= 4 is 12.0 Å². The van der Waals surface area contributed by atoms with Gasteiger partial charge in [0.25, 0.3) is 0 Å². The van der Waals surface area contributed by atoms with Crippen molar-refractivity contribution in [2.75, 3.05) is 13.7 Å². The minimum absolute atomic E-state index is 0.000812. The topological polar surface area (TPSA) is 65.4 Å². The quantitative estimate of drug-likeness (QED) is 0.551. The molecule has 2 aromatic carbocycles. The Morgan fingerprint density at radius 2 is 1.91 bits per heavy atom. The van der Waals surface area contributed by atoms with E-state index >= 15 is 0 Å². The molecule has 1 aromatic heterocycles. The van der Waals surface area contributed by atoms with Gasteiger partial charge in [-0.05, 0) is 73.6 Å². The highest BCUT2D eigenvalue weighted by atomic mass is 16.5. The molecule has 6 heteroatoms. The third kappa shape index (κ3) is 4.80. The van der Waals surface area contributed by atoms with Crippen molar-refractivity contribution in [3.05, 3.63) is 77.9 Å². The van der Waals surface area contributed by atoms with Gasteiger partial charge in [0.2, 0.25) is 5.91 Å². The van der Waals surface area contributed by atoms with Crippen LogP contribution in [0.4, 0.5) is 0 Å². The smallest absolute Gasteiger partial charge is 0.247 e. The Bertz CT molecular complexity index is 1130. The van der Waals surface area contributed by atoms with Crippen molar-refractivity contribution in [2.45, 2.75) is 44.1 Å². The van der Waals surface area contributed by atoms with E-state index in [2.05, 4.69) is 22.4 Å². The molecule has 1 unspecified atom stereocenters. The van der Waals surface area contributed by atoms with Crippen LogP contribution in [0.3, 0.4) is 0 Å². The molecule has 2 heterocycles. The number of rotatable bonds is 6. The van der Waals surface area contributed by atoms with Crippen LogP contribution in [-0.4, -0.2) is 35.2 Å². The molecule has 1 N–H and O–H groups in total. The molecule has 1 saturated carbocycles. The zero-order valence-corrected chi connectivity index (χ0v) is 18.9. The number of benzene rings is 2. The Kier molecular flexibility index (Phi) is 6.15. The number of imidazole rings is 1. The molecule has 1 amide bonds. The maximum atomic E-state index is 12.6. The third-order valence-corrected chi connectivity index (χ3v) is 6.56. The highest BCUT2D eigenvalue weighted by Gasteiger charge is 2.26. The molecule has 5 rings (SSSR count). The summed E-state index contributed by atoms with van der Waals surface area (Å²) < 4.78 is 13.8. The first kappa shape index (κ1) is 21.3. The molecule has 2 aliphatic rings. The molecule has 1 aliphatic heterocycles. The highest BCUT2D eigenvalue weighted by molar-refractivity contribution is 5.98. The normalized spacial score (nSPS) is 20.1. The van der Waals surface area contributed by atoms with E-state index < -0.39 is 0 Å². The number of aromatic nitrogens is 2. The van der Waals surface area contributed by atoms with Crippen LogP contribution < -0.4 is 14.8 Å². The Balaban J connectivity index is 1.34. The van der Waals surface area contributed by atoms with Crippen LogP contribution in [0.25, 0.3) is 11.8 Å². The lowest BCUT2D eigenvalue weighted by Gasteiger charge is -2.26. The zero-order chi connectivity index (χ0) is 22.6. The fourth-order valence-corrected chi connectivity index (χ4v) is 4.70. The predicted molar refractivity (Wildman–Crippen MR) is 128 cm³/mol.